The minimum absolute atomic E-state index is 0.216. The molecule has 0 spiro atoms. The second-order valence-corrected chi connectivity index (χ2v) is 8.87. The Labute approximate surface area is 166 Å². The number of halogens is 2. The summed E-state index contributed by atoms with van der Waals surface area (Å²) in [6.07, 6.45) is 5.19. The van der Waals surface area contributed by atoms with Crippen molar-refractivity contribution in [1.29, 1.82) is 0 Å². The van der Waals surface area contributed by atoms with Crippen LogP contribution in [0.2, 0.25) is 0 Å². The van der Waals surface area contributed by atoms with Gasteiger partial charge in [-0.3, -0.25) is 4.99 Å². The van der Waals surface area contributed by atoms with E-state index in [1.165, 1.54) is 5.56 Å². The standard InChI is InChI=1S/C20H24FIN4/c1-11(2)16-13(4)26(25-18(16)22)15-10-14-7-5-6-12(3)23-19(14)24-17(15)20(21)8-9-20/h7,10-12H,5-6,8-9H2,1-4H3. The van der Waals surface area contributed by atoms with Crippen molar-refractivity contribution in [1.82, 2.24) is 14.8 Å². The summed E-state index contributed by atoms with van der Waals surface area (Å²) in [6.45, 7) is 8.49. The molecule has 3 heterocycles. The Morgan fingerprint density at radius 2 is 2.08 bits per heavy atom. The van der Waals surface area contributed by atoms with E-state index in [0.29, 0.717) is 29.9 Å². The van der Waals surface area contributed by atoms with Crippen molar-refractivity contribution in [3.8, 4) is 5.69 Å². The molecule has 1 saturated carbocycles. The molecule has 1 unspecified atom stereocenters. The van der Waals surface area contributed by atoms with Crippen LogP contribution in [0.25, 0.3) is 11.8 Å². The first-order valence-corrected chi connectivity index (χ1v) is 10.4. The van der Waals surface area contributed by atoms with E-state index >= 15 is 4.39 Å². The van der Waals surface area contributed by atoms with Crippen molar-refractivity contribution in [2.24, 2.45) is 4.99 Å². The molecule has 0 radical (unpaired) electrons. The van der Waals surface area contributed by atoms with Gasteiger partial charge in [0.05, 0.1) is 5.69 Å². The van der Waals surface area contributed by atoms with Gasteiger partial charge in [-0.05, 0) is 74.1 Å². The summed E-state index contributed by atoms with van der Waals surface area (Å²) in [5, 5.41) is 5.74. The quantitative estimate of drug-likeness (QED) is 0.646. The van der Waals surface area contributed by atoms with E-state index in [9.17, 15) is 0 Å². The van der Waals surface area contributed by atoms with Crippen molar-refractivity contribution >= 4 is 28.7 Å². The second kappa shape index (κ2) is 6.39. The van der Waals surface area contributed by atoms with Crippen molar-refractivity contribution < 1.29 is 4.39 Å². The van der Waals surface area contributed by atoms with Crippen LogP contribution >= 0.6 is 22.6 Å². The van der Waals surface area contributed by atoms with Crippen LogP contribution in [-0.2, 0) is 5.67 Å². The van der Waals surface area contributed by atoms with Gasteiger partial charge >= 0.3 is 0 Å². The van der Waals surface area contributed by atoms with Gasteiger partial charge < -0.3 is 0 Å². The van der Waals surface area contributed by atoms with E-state index in [1.807, 2.05) is 10.7 Å². The molecule has 2 aliphatic rings. The van der Waals surface area contributed by atoms with Gasteiger partial charge in [0.2, 0.25) is 0 Å². The van der Waals surface area contributed by atoms with Crippen LogP contribution in [0.15, 0.2) is 11.1 Å². The van der Waals surface area contributed by atoms with Crippen LogP contribution in [0.4, 0.5) is 4.39 Å². The number of pyridine rings is 1. The van der Waals surface area contributed by atoms with Gasteiger partial charge in [-0.25, -0.2) is 14.1 Å². The highest BCUT2D eigenvalue weighted by molar-refractivity contribution is 14.1. The van der Waals surface area contributed by atoms with Crippen LogP contribution in [0.3, 0.4) is 0 Å². The zero-order chi connectivity index (χ0) is 18.6. The first kappa shape index (κ1) is 18.1. The molecule has 0 N–H and O–H groups in total. The lowest BCUT2D eigenvalue weighted by Crippen LogP contribution is -2.33. The van der Waals surface area contributed by atoms with Crippen LogP contribution in [-0.4, -0.2) is 20.8 Å². The maximum absolute atomic E-state index is 15.2. The molecule has 6 heteroatoms. The third-order valence-corrected chi connectivity index (χ3v) is 6.14. The zero-order valence-corrected chi connectivity index (χ0v) is 17.8. The molecular weight excluding hydrogens is 442 g/mol. The molecule has 2 aromatic heterocycles. The van der Waals surface area contributed by atoms with Crippen LogP contribution in [0, 0.1) is 10.6 Å². The van der Waals surface area contributed by atoms with Gasteiger partial charge in [0.15, 0.2) is 11.2 Å². The molecule has 138 valence electrons. The summed E-state index contributed by atoms with van der Waals surface area (Å²) in [6, 6.07) is 2.26. The lowest BCUT2D eigenvalue weighted by molar-refractivity contribution is 0.307. The Kier molecular flexibility index (Phi) is 4.44. The number of alkyl halides is 1. The molecular formula is C20H24FIN4. The van der Waals surface area contributed by atoms with Gasteiger partial charge in [0, 0.05) is 22.5 Å². The third-order valence-electron chi connectivity index (χ3n) is 5.34. The summed E-state index contributed by atoms with van der Waals surface area (Å²) >= 11 is 2.28. The number of hydrogen-bond donors (Lipinski definition) is 0. The SMILES string of the molecule is Cc1c(C(C)C)c(I)nn1-c1cc2c(nc1C1(F)CC1)=NC(C)CCC=2. The zero-order valence-electron chi connectivity index (χ0n) is 15.7. The molecule has 4 nitrogen and oxygen atoms in total. The summed E-state index contributed by atoms with van der Waals surface area (Å²) in [4.78, 5) is 9.43. The van der Waals surface area contributed by atoms with Crippen molar-refractivity contribution in [3.63, 3.8) is 0 Å². The topological polar surface area (TPSA) is 43.1 Å². The van der Waals surface area contributed by atoms with Gasteiger partial charge in [0.1, 0.15) is 9.39 Å². The lowest BCUT2D eigenvalue weighted by Gasteiger charge is -2.14. The molecule has 1 aliphatic heterocycles. The molecule has 0 saturated heterocycles. The van der Waals surface area contributed by atoms with E-state index < -0.39 is 5.67 Å². The Morgan fingerprint density at radius 3 is 2.69 bits per heavy atom. The maximum Gasteiger partial charge on any atom is 0.155 e. The Balaban J connectivity index is 2.01. The molecule has 2 aromatic rings. The van der Waals surface area contributed by atoms with E-state index in [4.69, 9.17) is 15.1 Å². The van der Waals surface area contributed by atoms with E-state index in [2.05, 4.69) is 56.4 Å². The fourth-order valence-electron chi connectivity index (χ4n) is 3.72. The molecule has 1 aliphatic carbocycles. The van der Waals surface area contributed by atoms with Gasteiger partial charge in [-0.2, -0.15) is 5.10 Å². The molecule has 1 fully saturated rings. The number of fused-ring (bicyclic) bond motifs is 1. The Morgan fingerprint density at radius 1 is 1.35 bits per heavy atom. The minimum atomic E-state index is -1.34. The number of aromatic nitrogens is 3. The predicted molar refractivity (Wildman–Crippen MR) is 109 cm³/mol. The van der Waals surface area contributed by atoms with E-state index in [1.54, 1.807) is 0 Å². The van der Waals surface area contributed by atoms with Crippen molar-refractivity contribution in [2.45, 2.75) is 71.0 Å². The summed E-state index contributed by atoms with van der Waals surface area (Å²) in [5.74, 6) is 0.371. The van der Waals surface area contributed by atoms with Gasteiger partial charge in [0.25, 0.3) is 0 Å². The first-order valence-electron chi connectivity index (χ1n) is 9.34. The molecule has 26 heavy (non-hydrogen) atoms. The van der Waals surface area contributed by atoms with Crippen LogP contribution < -0.4 is 10.7 Å². The Hall–Kier alpha value is -1.31. The average Bonchev–Trinajstić information content (AvgIpc) is 3.27. The number of rotatable bonds is 3. The predicted octanol–water partition coefficient (Wildman–Crippen LogP) is 3.84. The van der Waals surface area contributed by atoms with Gasteiger partial charge in [-0.15, -0.1) is 0 Å². The molecule has 0 bridgehead atoms. The van der Waals surface area contributed by atoms with Crippen LogP contribution in [0.5, 0.6) is 0 Å². The van der Waals surface area contributed by atoms with Crippen LogP contribution in [0.1, 0.15) is 69.3 Å². The monoisotopic (exact) mass is 466 g/mol. The summed E-state index contributed by atoms with van der Waals surface area (Å²) in [7, 11) is 0. The maximum atomic E-state index is 15.2. The number of nitrogens with zero attached hydrogens (tertiary/aromatic N) is 4. The molecule has 4 rings (SSSR count). The highest BCUT2D eigenvalue weighted by Gasteiger charge is 2.48. The molecule has 1 atom stereocenters. The van der Waals surface area contributed by atoms with Crippen molar-refractivity contribution in [3.05, 3.63) is 37.4 Å². The highest BCUT2D eigenvalue weighted by atomic mass is 127. The Bertz CT molecular complexity index is 988. The minimum Gasteiger partial charge on any atom is -0.263 e. The lowest BCUT2D eigenvalue weighted by atomic mass is 10.0. The van der Waals surface area contributed by atoms with Crippen molar-refractivity contribution in [2.75, 3.05) is 0 Å². The summed E-state index contributed by atoms with van der Waals surface area (Å²) in [5.41, 5.74) is 2.90. The largest absolute Gasteiger partial charge is 0.263 e. The first-order chi connectivity index (χ1) is 12.3. The fourth-order valence-corrected chi connectivity index (χ4v) is 4.95. The molecule has 0 amide bonds. The highest BCUT2D eigenvalue weighted by Crippen LogP contribution is 2.50. The van der Waals surface area contributed by atoms with E-state index in [0.717, 1.165) is 33.1 Å². The van der Waals surface area contributed by atoms with Gasteiger partial charge in [-0.1, -0.05) is 19.9 Å². The summed E-state index contributed by atoms with van der Waals surface area (Å²) < 4.78 is 18.1. The van der Waals surface area contributed by atoms with E-state index in [-0.39, 0.29) is 6.04 Å². The fraction of sp³-hybridized carbons (Fsp3) is 0.550. The molecule has 0 aromatic carbocycles. The smallest absolute Gasteiger partial charge is 0.155 e. The third kappa shape index (κ3) is 3.00. The normalized spacial score (nSPS) is 21.0. The second-order valence-electron chi connectivity index (χ2n) is 7.85. The average molecular weight is 466 g/mol. The number of hydrogen-bond acceptors (Lipinski definition) is 3.